The number of hydrogen-bond donors (Lipinski definition) is 0. The molecule has 106 valence electrons. The minimum atomic E-state index is -4.40. The Labute approximate surface area is 115 Å². The normalized spacial score (nSPS) is 19.8. The van der Waals surface area contributed by atoms with E-state index in [-0.39, 0.29) is 4.47 Å². The second-order valence-electron chi connectivity index (χ2n) is 4.14. The first kappa shape index (κ1) is 14.7. The topological polar surface area (TPSA) is 37.4 Å². The van der Waals surface area contributed by atoms with E-state index < -0.39 is 52.0 Å². The third-order valence-corrected chi connectivity index (χ3v) is 5.20. The van der Waals surface area contributed by atoms with Gasteiger partial charge in [-0.15, -0.1) is 0 Å². The molecule has 1 aromatic carbocycles. The van der Waals surface area contributed by atoms with E-state index in [1.165, 1.54) is 0 Å². The summed E-state index contributed by atoms with van der Waals surface area (Å²) in [5, 5.41) is 0. The average Bonchev–Trinajstić information content (AvgIpc) is 2.64. The van der Waals surface area contributed by atoms with Crippen LogP contribution in [0.2, 0.25) is 0 Å². The maximum Gasteiger partial charge on any atom is 0.262 e. The third kappa shape index (κ3) is 2.77. The first-order chi connectivity index (χ1) is 8.63. The van der Waals surface area contributed by atoms with E-state index in [1.54, 1.807) is 0 Å². The molecule has 3 nitrogen and oxygen atoms in total. The highest BCUT2D eigenvalue weighted by Crippen LogP contribution is 2.33. The molecule has 0 amide bonds. The summed E-state index contributed by atoms with van der Waals surface area (Å²) < 4.78 is 76.9. The van der Waals surface area contributed by atoms with E-state index in [4.69, 9.17) is 0 Å². The van der Waals surface area contributed by atoms with Crippen molar-refractivity contribution in [1.82, 2.24) is 4.31 Å². The maximum absolute atomic E-state index is 13.5. The van der Waals surface area contributed by atoms with Crippen molar-refractivity contribution in [2.75, 3.05) is 13.1 Å². The van der Waals surface area contributed by atoms with Gasteiger partial charge in [0.1, 0.15) is 16.5 Å². The van der Waals surface area contributed by atoms with Gasteiger partial charge in [0, 0.05) is 19.0 Å². The summed E-state index contributed by atoms with van der Waals surface area (Å²) in [5.41, 5.74) is 0. The number of nitrogens with zero attached hydrogens (tertiary/aromatic N) is 1. The van der Waals surface area contributed by atoms with Crippen molar-refractivity contribution in [3.63, 3.8) is 0 Å². The molecule has 19 heavy (non-hydrogen) atoms. The lowest BCUT2D eigenvalue weighted by Gasteiger charge is -2.16. The van der Waals surface area contributed by atoms with Crippen molar-refractivity contribution >= 4 is 26.0 Å². The summed E-state index contributed by atoms with van der Waals surface area (Å²) >= 11 is 2.73. The van der Waals surface area contributed by atoms with Gasteiger partial charge in [0.25, 0.3) is 5.92 Å². The van der Waals surface area contributed by atoms with Crippen molar-refractivity contribution < 1.29 is 26.0 Å². The number of rotatable bonds is 2. The number of hydrogen-bond acceptors (Lipinski definition) is 2. The van der Waals surface area contributed by atoms with Crippen LogP contribution in [0, 0.1) is 11.6 Å². The fraction of sp³-hybridized carbons (Fsp3) is 0.400. The van der Waals surface area contributed by atoms with Gasteiger partial charge in [0.2, 0.25) is 10.0 Å². The second kappa shape index (κ2) is 4.71. The fourth-order valence-electron chi connectivity index (χ4n) is 1.75. The van der Waals surface area contributed by atoms with E-state index in [0.717, 1.165) is 6.07 Å². The summed E-state index contributed by atoms with van der Waals surface area (Å²) in [5.74, 6) is -5.40. The minimum Gasteiger partial charge on any atom is -0.207 e. The molecule has 1 aliphatic rings. The smallest absolute Gasteiger partial charge is 0.207 e. The van der Waals surface area contributed by atoms with Crippen LogP contribution < -0.4 is 0 Å². The number of halogens is 5. The zero-order valence-corrected chi connectivity index (χ0v) is 11.7. The molecule has 2 rings (SSSR count). The number of benzene rings is 1. The van der Waals surface area contributed by atoms with Crippen LogP contribution in [0.5, 0.6) is 0 Å². The zero-order valence-electron chi connectivity index (χ0n) is 9.34. The van der Waals surface area contributed by atoms with Gasteiger partial charge in [-0.2, -0.15) is 4.31 Å². The van der Waals surface area contributed by atoms with Crippen LogP contribution in [0.1, 0.15) is 6.42 Å². The lowest BCUT2D eigenvalue weighted by Crippen LogP contribution is -2.32. The monoisotopic (exact) mass is 361 g/mol. The number of alkyl halides is 2. The van der Waals surface area contributed by atoms with E-state index >= 15 is 0 Å². The SMILES string of the molecule is O=S(=O)(c1cc(Br)c(F)cc1F)N1CCC(F)(F)C1. The maximum atomic E-state index is 13.5. The highest BCUT2D eigenvalue weighted by molar-refractivity contribution is 9.10. The molecule has 1 aliphatic heterocycles. The first-order valence-corrected chi connectivity index (χ1v) is 7.39. The van der Waals surface area contributed by atoms with Gasteiger partial charge in [-0.3, -0.25) is 0 Å². The Morgan fingerprint density at radius 2 is 1.84 bits per heavy atom. The van der Waals surface area contributed by atoms with Crippen LogP contribution >= 0.6 is 15.9 Å². The standard InChI is InChI=1S/C10H8BrF4NO2S/c11-6-3-9(8(13)4-7(6)12)19(17,18)16-2-1-10(14,15)5-16/h3-4H,1-2,5H2. The molecule has 0 saturated carbocycles. The van der Waals surface area contributed by atoms with Crippen molar-refractivity contribution in [1.29, 1.82) is 0 Å². The van der Waals surface area contributed by atoms with E-state index in [1.807, 2.05) is 0 Å². The molecule has 0 aromatic heterocycles. The van der Waals surface area contributed by atoms with Crippen molar-refractivity contribution in [2.24, 2.45) is 0 Å². The molecule has 0 N–H and O–H groups in total. The van der Waals surface area contributed by atoms with Crippen molar-refractivity contribution in [3.8, 4) is 0 Å². The molecule has 1 aromatic rings. The predicted octanol–water partition coefficient (Wildman–Crippen LogP) is 2.76. The molecule has 0 unspecified atom stereocenters. The highest BCUT2D eigenvalue weighted by atomic mass is 79.9. The van der Waals surface area contributed by atoms with E-state index in [9.17, 15) is 26.0 Å². The lowest BCUT2D eigenvalue weighted by molar-refractivity contribution is 0.0183. The Morgan fingerprint density at radius 3 is 2.37 bits per heavy atom. The quantitative estimate of drug-likeness (QED) is 0.600. The number of sulfonamides is 1. The summed E-state index contributed by atoms with van der Waals surface area (Å²) in [4.78, 5) is -0.821. The van der Waals surface area contributed by atoms with Gasteiger partial charge in [0.05, 0.1) is 11.0 Å². The van der Waals surface area contributed by atoms with E-state index in [2.05, 4.69) is 15.9 Å². The molecular formula is C10H8BrF4NO2S. The van der Waals surface area contributed by atoms with Crippen LogP contribution in [0.3, 0.4) is 0 Å². The minimum absolute atomic E-state index is 0.251. The van der Waals surface area contributed by atoms with E-state index in [0.29, 0.717) is 10.4 Å². The molecule has 1 fully saturated rings. The van der Waals surface area contributed by atoms with Crippen LogP contribution in [-0.2, 0) is 10.0 Å². The van der Waals surface area contributed by atoms with Crippen molar-refractivity contribution in [3.05, 3.63) is 28.2 Å². The molecule has 1 heterocycles. The third-order valence-electron chi connectivity index (χ3n) is 2.73. The summed E-state index contributed by atoms with van der Waals surface area (Å²) in [6.07, 6.45) is -0.615. The second-order valence-corrected chi connectivity index (χ2v) is 6.90. The fourth-order valence-corrected chi connectivity index (χ4v) is 3.79. The Balaban J connectivity index is 2.44. The Hall–Kier alpha value is -0.670. The van der Waals surface area contributed by atoms with Crippen LogP contribution in [0.15, 0.2) is 21.5 Å². The highest BCUT2D eigenvalue weighted by Gasteiger charge is 2.44. The Kier molecular flexibility index (Phi) is 3.65. The summed E-state index contributed by atoms with van der Waals surface area (Å²) in [6.45, 7) is -1.40. The van der Waals surface area contributed by atoms with Gasteiger partial charge in [-0.1, -0.05) is 0 Å². The Morgan fingerprint density at radius 1 is 1.21 bits per heavy atom. The largest absolute Gasteiger partial charge is 0.262 e. The van der Waals surface area contributed by atoms with Gasteiger partial charge in [-0.25, -0.2) is 26.0 Å². The van der Waals surface area contributed by atoms with Gasteiger partial charge in [-0.05, 0) is 22.0 Å². The van der Waals surface area contributed by atoms with Crippen LogP contribution in [0.4, 0.5) is 17.6 Å². The molecule has 0 atom stereocenters. The van der Waals surface area contributed by atoms with Crippen molar-refractivity contribution in [2.45, 2.75) is 17.2 Å². The van der Waals surface area contributed by atoms with Gasteiger partial charge in [0.15, 0.2) is 0 Å². The summed E-state index contributed by atoms with van der Waals surface area (Å²) in [6, 6.07) is 1.13. The van der Waals surface area contributed by atoms with Crippen LogP contribution in [-0.4, -0.2) is 31.7 Å². The summed E-state index contributed by atoms with van der Waals surface area (Å²) in [7, 11) is -4.40. The first-order valence-electron chi connectivity index (χ1n) is 5.16. The molecule has 0 bridgehead atoms. The molecular weight excluding hydrogens is 354 g/mol. The van der Waals surface area contributed by atoms with Gasteiger partial charge < -0.3 is 0 Å². The molecule has 0 radical (unpaired) electrons. The predicted molar refractivity (Wildman–Crippen MR) is 62.4 cm³/mol. The molecule has 0 spiro atoms. The lowest BCUT2D eigenvalue weighted by atomic mass is 10.3. The van der Waals surface area contributed by atoms with Gasteiger partial charge >= 0.3 is 0 Å². The van der Waals surface area contributed by atoms with Crippen LogP contribution in [0.25, 0.3) is 0 Å². The molecule has 9 heteroatoms. The zero-order chi connectivity index (χ0) is 14.4. The Bertz CT molecular complexity index is 620. The average molecular weight is 362 g/mol. The molecule has 1 saturated heterocycles. The molecule has 0 aliphatic carbocycles.